The second kappa shape index (κ2) is 9.68. The largest absolute Gasteiger partial charge is 0.493 e. The van der Waals surface area contributed by atoms with Crippen LogP contribution >= 0.6 is 23.1 Å². The van der Waals surface area contributed by atoms with Gasteiger partial charge < -0.3 is 13.9 Å². The predicted molar refractivity (Wildman–Crippen MR) is 119 cm³/mol. The molecule has 0 bridgehead atoms. The number of aromatic nitrogens is 1. The van der Waals surface area contributed by atoms with Gasteiger partial charge in [0.25, 0.3) is 0 Å². The number of hydrogen-bond donors (Lipinski definition) is 0. The highest BCUT2D eigenvalue weighted by Gasteiger charge is 2.32. The molecule has 3 heterocycles. The van der Waals surface area contributed by atoms with Crippen LogP contribution in [0.5, 0.6) is 5.75 Å². The number of esters is 1. The molecule has 3 aromatic rings. The first-order valence-corrected chi connectivity index (χ1v) is 11.7. The van der Waals surface area contributed by atoms with E-state index in [0.717, 1.165) is 46.5 Å². The van der Waals surface area contributed by atoms with Crippen LogP contribution in [0.2, 0.25) is 0 Å². The summed E-state index contributed by atoms with van der Waals surface area (Å²) in [4.78, 5) is 19.7. The van der Waals surface area contributed by atoms with Crippen LogP contribution in [0.1, 0.15) is 17.0 Å². The fraction of sp³-hybridized carbons (Fsp3) is 0.364. The first-order chi connectivity index (χ1) is 14.6. The predicted octanol–water partition coefficient (Wildman–Crippen LogP) is 4.38. The van der Waals surface area contributed by atoms with Crippen molar-refractivity contribution in [2.45, 2.75) is 25.3 Å². The molecule has 1 aliphatic heterocycles. The number of nitrogens with zero attached hydrogens (tertiary/aromatic N) is 2. The maximum absolute atomic E-state index is 11.9. The van der Waals surface area contributed by atoms with E-state index in [0.29, 0.717) is 18.9 Å². The lowest BCUT2D eigenvalue weighted by Crippen LogP contribution is -2.34. The lowest BCUT2D eigenvalue weighted by Gasteiger charge is -2.21. The Morgan fingerprint density at radius 3 is 2.87 bits per heavy atom. The van der Waals surface area contributed by atoms with Crippen molar-refractivity contribution in [3.8, 4) is 16.5 Å². The molecule has 2 aromatic heterocycles. The summed E-state index contributed by atoms with van der Waals surface area (Å²) in [6.45, 7) is 4.07. The van der Waals surface area contributed by atoms with Gasteiger partial charge in [-0.1, -0.05) is 18.2 Å². The first kappa shape index (κ1) is 21.0. The molecule has 1 fully saturated rings. The molecule has 0 radical (unpaired) electrons. The van der Waals surface area contributed by atoms with Crippen LogP contribution in [-0.2, 0) is 22.5 Å². The van der Waals surface area contributed by atoms with E-state index in [9.17, 15) is 4.79 Å². The third kappa shape index (κ3) is 4.88. The van der Waals surface area contributed by atoms with Gasteiger partial charge in [0.15, 0.2) is 5.37 Å². The number of methoxy groups -OCH3 is 1. The average Bonchev–Trinajstić information content (AvgIpc) is 3.50. The second-order valence-electron chi connectivity index (χ2n) is 6.96. The average molecular weight is 445 g/mol. The minimum absolute atomic E-state index is 0.178. The van der Waals surface area contributed by atoms with Gasteiger partial charge in [-0.2, -0.15) is 0 Å². The van der Waals surface area contributed by atoms with Crippen molar-refractivity contribution < 1.29 is 18.7 Å². The molecule has 0 amide bonds. The Labute approximate surface area is 184 Å². The highest BCUT2D eigenvalue weighted by atomic mass is 32.2. The Morgan fingerprint density at radius 2 is 2.13 bits per heavy atom. The Morgan fingerprint density at radius 1 is 1.30 bits per heavy atom. The zero-order valence-corrected chi connectivity index (χ0v) is 18.6. The van der Waals surface area contributed by atoms with Crippen molar-refractivity contribution in [1.29, 1.82) is 0 Å². The number of thioether (sulfide) groups is 1. The summed E-state index contributed by atoms with van der Waals surface area (Å²) in [7, 11) is 1.44. The number of thiophene rings is 1. The van der Waals surface area contributed by atoms with Crippen LogP contribution in [-0.4, -0.2) is 47.2 Å². The van der Waals surface area contributed by atoms with Crippen LogP contribution in [0.15, 0.2) is 46.2 Å². The molecule has 0 spiro atoms. The summed E-state index contributed by atoms with van der Waals surface area (Å²) in [5.74, 6) is 3.09. The summed E-state index contributed by atoms with van der Waals surface area (Å²) >= 11 is 3.25. The van der Waals surface area contributed by atoms with E-state index in [4.69, 9.17) is 13.9 Å². The molecule has 1 aliphatic rings. The summed E-state index contributed by atoms with van der Waals surface area (Å²) in [5.41, 5.74) is 2.07. The molecule has 1 aromatic carbocycles. The number of carbonyl (C=O) groups is 1. The summed E-state index contributed by atoms with van der Waals surface area (Å²) in [6.07, 6.45) is 0.689. The van der Waals surface area contributed by atoms with E-state index in [-0.39, 0.29) is 11.3 Å². The summed E-state index contributed by atoms with van der Waals surface area (Å²) < 4.78 is 16.6. The molecule has 1 unspecified atom stereocenters. The molecule has 0 saturated carbocycles. The van der Waals surface area contributed by atoms with E-state index < -0.39 is 0 Å². The van der Waals surface area contributed by atoms with Gasteiger partial charge in [0.2, 0.25) is 5.89 Å². The van der Waals surface area contributed by atoms with Gasteiger partial charge >= 0.3 is 5.97 Å². The molecule has 6 nitrogen and oxygen atoms in total. The van der Waals surface area contributed by atoms with Crippen molar-refractivity contribution in [3.63, 3.8) is 0 Å². The van der Waals surface area contributed by atoms with Crippen molar-refractivity contribution in [1.82, 2.24) is 9.88 Å². The van der Waals surface area contributed by atoms with Gasteiger partial charge in [0, 0.05) is 25.3 Å². The minimum atomic E-state index is -0.212. The number of aryl methyl sites for hydroxylation is 1. The molecule has 0 aliphatic carbocycles. The molecule has 1 atom stereocenters. The topological polar surface area (TPSA) is 64.8 Å². The molecule has 4 rings (SSSR count). The Kier molecular flexibility index (Phi) is 6.76. The SMILES string of the molecule is COC(=O)C1SCCN1Cc1ccc(OCCc2nc(-c3cccs3)oc2C)cc1. The van der Waals surface area contributed by atoms with Gasteiger partial charge in [-0.15, -0.1) is 23.1 Å². The van der Waals surface area contributed by atoms with Crippen molar-refractivity contribution in [3.05, 3.63) is 58.8 Å². The molecule has 8 heteroatoms. The third-order valence-corrected chi connectivity index (χ3v) is 7.01. The minimum Gasteiger partial charge on any atom is -0.493 e. The monoisotopic (exact) mass is 444 g/mol. The maximum Gasteiger partial charge on any atom is 0.333 e. The summed E-state index contributed by atoms with van der Waals surface area (Å²) in [6, 6.07) is 12.0. The van der Waals surface area contributed by atoms with E-state index in [2.05, 4.69) is 9.88 Å². The van der Waals surface area contributed by atoms with Gasteiger partial charge in [-0.25, -0.2) is 9.78 Å². The Bertz CT molecular complexity index is 970. The lowest BCUT2D eigenvalue weighted by atomic mass is 10.2. The first-order valence-electron chi connectivity index (χ1n) is 9.79. The number of oxazole rings is 1. The van der Waals surface area contributed by atoms with Gasteiger partial charge in [0.05, 0.1) is 24.3 Å². The quantitative estimate of drug-likeness (QED) is 0.478. The second-order valence-corrected chi connectivity index (χ2v) is 9.09. The van der Waals surface area contributed by atoms with E-state index in [1.54, 1.807) is 23.1 Å². The van der Waals surface area contributed by atoms with Crippen molar-refractivity contribution in [2.24, 2.45) is 0 Å². The normalized spacial score (nSPS) is 16.7. The molecular formula is C22H24N2O4S2. The Balaban J connectivity index is 1.29. The van der Waals surface area contributed by atoms with Gasteiger partial charge in [-0.05, 0) is 36.1 Å². The Hall–Kier alpha value is -2.29. The number of carbonyl (C=O) groups excluding carboxylic acids is 1. The van der Waals surface area contributed by atoms with Crippen molar-refractivity contribution >= 4 is 29.1 Å². The van der Waals surface area contributed by atoms with Gasteiger partial charge in [-0.3, -0.25) is 4.90 Å². The third-order valence-electron chi connectivity index (χ3n) is 4.93. The smallest absolute Gasteiger partial charge is 0.333 e. The maximum atomic E-state index is 11.9. The summed E-state index contributed by atoms with van der Waals surface area (Å²) in [5, 5.41) is 1.80. The lowest BCUT2D eigenvalue weighted by molar-refractivity contribution is -0.143. The highest BCUT2D eigenvalue weighted by molar-refractivity contribution is 8.00. The van der Waals surface area contributed by atoms with Gasteiger partial charge in [0.1, 0.15) is 11.5 Å². The molecule has 158 valence electrons. The van der Waals surface area contributed by atoms with Crippen LogP contribution < -0.4 is 4.74 Å². The van der Waals surface area contributed by atoms with Crippen LogP contribution in [0.25, 0.3) is 10.8 Å². The molecular weight excluding hydrogens is 420 g/mol. The number of benzene rings is 1. The fourth-order valence-electron chi connectivity index (χ4n) is 3.34. The highest BCUT2D eigenvalue weighted by Crippen LogP contribution is 2.28. The van der Waals surface area contributed by atoms with Crippen LogP contribution in [0.4, 0.5) is 0 Å². The zero-order chi connectivity index (χ0) is 20.9. The zero-order valence-electron chi connectivity index (χ0n) is 17.0. The molecule has 30 heavy (non-hydrogen) atoms. The van der Waals surface area contributed by atoms with E-state index in [1.807, 2.05) is 48.7 Å². The number of hydrogen-bond acceptors (Lipinski definition) is 8. The van der Waals surface area contributed by atoms with Crippen LogP contribution in [0, 0.1) is 6.92 Å². The number of rotatable bonds is 8. The number of ether oxygens (including phenoxy) is 2. The van der Waals surface area contributed by atoms with Crippen molar-refractivity contribution in [2.75, 3.05) is 26.0 Å². The van der Waals surface area contributed by atoms with Crippen LogP contribution in [0.3, 0.4) is 0 Å². The van der Waals surface area contributed by atoms with E-state index >= 15 is 0 Å². The molecule has 0 N–H and O–H groups in total. The fourth-order valence-corrected chi connectivity index (χ4v) is 5.18. The van der Waals surface area contributed by atoms with E-state index in [1.165, 1.54) is 7.11 Å². The standard InChI is InChI=1S/C22H24N2O4S2/c1-15-18(23-20(28-15)19-4-3-12-29-19)9-11-27-17-7-5-16(6-8-17)14-24-10-13-30-21(24)22(25)26-2/h3-8,12,21H,9-11,13-14H2,1-2H3. The molecule has 1 saturated heterocycles.